The van der Waals surface area contributed by atoms with Crippen molar-refractivity contribution in [2.45, 2.75) is 87.5 Å². The SMILES string of the molecule is CCC(C)(CCCC(C)C(C)C)CC(C)(C)C. The zero-order chi connectivity index (χ0) is 13.7. The molecule has 2 atom stereocenters. The Morgan fingerprint density at radius 1 is 0.941 bits per heavy atom. The Morgan fingerprint density at radius 3 is 1.82 bits per heavy atom. The van der Waals surface area contributed by atoms with E-state index in [9.17, 15) is 0 Å². The zero-order valence-electron chi connectivity index (χ0n) is 13.7. The molecule has 0 aliphatic carbocycles. The number of hydrogen-bond donors (Lipinski definition) is 0. The molecule has 0 aliphatic rings. The molecule has 0 heteroatoms. The second-order valence-corrected chi connectivity index (χ2v) is 8.02. The Labute approximate surface area is 111 Å². The minimum absolute atomic E-state index is 0.467. The molecule has 0 fully saturated rings. The Morgan fingerprint density at radius 2 is 1.47 bits per heavy atom. The second-order valence-electron chi connectivity index (χ2n) is 8.02. The third-order valence-electron chi connectivity index (χ3n) is 4.39. The van der Waals surface area contributed by atoms with Crippen molar-refractivity contribution < 1.29 is 0 Å². The maximum Gasteiger partial charge on any atom is -0.0323 e. The van der Waals surface area contributed by atoms with Gasteiger partial charge in [-0.25, -0.2) is 0 Å². The first-order chi connectivity index (χ1) is 7.59. The fourth-order valence-electron chi connectivity index (χ4n) is 2.85. The van der Waals surface area contributed by atoms with E-state index >= 15 is 0 Å². The lowest BCUT2D eigenvalue weighted by Gasteiger charge is -2.35. The molecule has 2 unspecified atom stereocenters. The van der Waals surface area contributed by atoms with Crippen LogP contribution in [0.3, 0.4) is 0 Å². The molecule has 0 amide bonds. The molecule has 0 saturated carbocycles. The van der Waals surface area contributed by atoms with Gasteiger partial charge in [0.05, 0.1) is 0 Å². The van der Waals surface area contributed by atoms with E-state index in [2.05, 4.69) is 55.4 Å². The summed E-state index contributed by atoms with van der Waals surface area (Å²) in [4.78, 5) is 0. The smallest absolute Gasteiger partial charge is 0.0323 e. The van der Waals surface area contributed by atoms with Gasteiger partial charge < -0.3 is 0 Å². The van der Waals surface area contributed by atoms with E-state index in [4.69, 9.17) is 0 Å². The first-order valence-electron chi connectivity index (χ1n) is 7.59. The molecule has 0 heterocycles. The lowest BCUT2D eigenvalue weighted by Crippen LogP contribution is -2.23. The van der Waals surface area contributed by atoms with Crippen molar-refractivity contribution in [2.75, 3.05) is 0 Å². The molecule has 0 bridgehead atoms. The van der Waals surface area contributed by atoms with Crippen molar-refractivity contribution >= 4 is 0 Å². The summed E-state index contributed by atoms with van der Waals surface area (Å²) >= 11 is 0. The molecule has 0 N–H and O–H groups in total. The Bertz CT molecular complexity index is 197. The molecule has 0 rings (SSSR count). The van der Waals surface area contributed by atoms with Crippen molar-refractivity contribution in [3.05, 3.63) is 0 Å². The molecule has 0 nitrogen and oxygen atoms in total. The first-order valence-corrected chi connectivity index (χ1v) is 7.59. The standard InChI is InChI=1S/C17H36/c1-9-17(8,13-16(5,6)7)12-10-11-15(4)14(2)3/h14-15H,9-13H2,1-8H3. The van der Waals surface area contributed by atoms with E-state index in [1.165, 1.54) is 32.1 Å². The number of rotatable bonds is 7. The lowest BCUT2D eigenvalue weighted by molar-refractivity contribution is 0.162. The van der Waals surface area contributed by atoms with Crippen LogP contribution in [-0.4, -0.2) is 0 Å². The van der Waals surface area contributed by atoms with E-state index in [1.807, 2.05) is 0 Å². The van der Waals surface area contributed by atoms with Gasteiger partial charge in [0, 0.05) is 0 Å². The third kappa shape index (κ3) is 7.84. The third-order valence-corrected chi connectivity index (χ3v) is 4.39. The molecule has 0 saturated heterocycles. The quantitative estimate of drug-likeness (QED) is 0.490. The predicted octanol–water partition coefficient (Wildman–Crippen LogP) is 6.30. The van der Waals surface area contributed by atoms with Crippen molar-refractivity contribution in [3.8, 4) is 0 Å². The topological polar surface area (TPSA) is 0 Å². The van der Waals surface area contributed by atoms with E-state index in [0.717, 1.165) is 11.8 Å². The first kappa shape index (κ1) is 17.0. The molecular weight excluding hydrogens is 204 g/mol. The van der Waals surface area contributed by atoms with Gasteiger partial charge in [0.1, 0.15) is 0 Å². The molecule has 0 spiro atoms. The van der Waals surface area contributed by atoms with Crippen LogP contribution in [0.1, 0.15) is 87.5 Å². The summed E-state index contributed by atoms with van der Waals surface area (Å²) in [7, 11) is 0. The van der Waals surface area contributed by atoms with Crippen molar-refractivity contribution in [1.29, 1.82) is 0 Å². The van der Waals surface area contributed by atoms with E-state index in [-0.39, 0.29) is 0 Å². The van der Waals surface area contributed by atoms with Gasteiger partial charge in [-0.05, 0) is 35.5 Å². The van der Waals surface area contributed by atoms with Crippen molar-refractivity contribution in [3.63, 3.8) is 0 Å². The van der Waals surface area contributed by atoms with Crippen LogP contribution in [0.25, 0.3) is 0 Å². The van der Waals surface area contributed by atoms with E-state index in [1.54, 1.807) is 0 Å². The average molecular weight is 240 g/mol. The molecule has 0 aliphatic heterocycles. The van der Waals surface area contributed by atoms with Gasteiger partial charge in [0.2, 0.25) is 0 Å². The van der Waals surface area contributed by atoms with Crippen LogP contribution in [0.4, 0.5) is 0 Å². The fourth-order valence-corrected chi connectivity index (χ4v) is 2.85. The highest BCUT2D eigenvalue weighted by atomic mass is 14.3. The van der Waals surface area contributed by atoms with E-state index in [0.29, 0.717) is 10.8 Å². The molecule has 0 aromatic carbocycles. The monoisotopic (exact) mass is 240 g/mol. The minimum atomic E-state index is 0.467. The van der Waals surface area contributed by atoms with Crippen molar-refractivity contribution in [2.24, 2.45) is 22.7 Å². The summed E-state index contributed by atoms with van der Waals surface area (Å²) in [6, 6.07) is 0. The average Bonchev–Trinajstić information content (AvgIpc) is 2.14. The molecule has 0 aromatic rings. The fraction of sp³-hybridized carbons (Fsp3) is 1.00. The summed E-state index contributed by atoms with van der Waals surface area (Å²) in [6.07, 6.45) is 6.88. The van der Waals surface area contributed by atoms with Crippen LogP contribution >= 0.6 is 0 Å². The summed E-state index contributed by atoms with van der Waals surface area (Å²) in [5.74, 6) is 1.72. The number of hydrogen-bond acceptors (Lipinski definition) is 0. The maximum atomic E-state index is 2.48. The van der Waals surface area contributed by atoms with Gasteiger partial charge in [0.25, 0.3) is 0 Å². The Kier molecular flexibility index (Phi) is 6.81. The van der Waals surface area contributed by atoms with Crippen LogP contribution in [0.15, 0.2) is 0 Å². The van der Waals surface area contributed by atoms with Gasteiger partial charge in [-0.15, -0.1) is 0 Å². The van der Waals surface area contributed by atoms with Gasteiger partial charge >= 0.3 is 0 Å². The molecular formula is C17H36. The molecule has 17 heavy (non-hydrogen) atoms. The van der Waals surface area contributed by atoms with Crippen LogP contribution in [0, 0.1) is 22.7 Å². The molecule has 104 valence electrons. The summed E-state index contributed by atoms with van der Waals surface area (Å²) in [5, 5.41) is 0. The summed E-state index contributed by atoms with van der Waals surface area (Å²) < 4.78 is 0. The maximum absolute atomic E-state index is 2.48. The second kappa shape index (κ2) is 6.81. The van der Waals surface area contributed by atoms with Crippen LogP contribution in [0.5, 0.6) is 0 Å². The van der Waals surface area contributed by atoms with Gasteiger partial charge in [-0.3, -0.25) is 0 Å². The highest BCUT2D eigenvalue weighted by molar-refractivity contribution is 4.79. The zero-order valence-corrected chi connectivity index (χ0v) is 13.7. The van der Waals surface area contributed by atoms with Gasteiger partial charge in [-0.2, -0.15) is 0 Å². The highest BCUT2D eigenvalue weighted by Gasteiger charge is 2.28. The predicted molar refractivity (Wildman–Crippen MR) is 80.3 cm³/mol. The Balaban J connectivity index is 4.13. The summed E-state index contributed by atoms with van der Waals surface area (Å²) in [5.41, 5.74) is 1.02. The van der Waals surface area contributed by atoms with Crippen LogP contribution < -0.4 is 0 Å². The molecule has 0 aromatic heterocycles. The molecule has 0 radical (unpaired) electrons. The minimum Gasteiger partial charge on any atom is -0.0649 e. The van der Waals surface area contributed by atoms with Crippen LogP contribution in [0.2, 0.25) is 0 Å². The van der Waals surface area contributed by atoms with Crippen LogP contribution in [-0.2, 0) is 0 Å². The lowest BCUT2D eigenvalue weighted by atomic mass is 9.70. The summed E-state index contributed by atoms with van der Waals surface area (Å²) in [6.45, 7) is 19.1. The van der Waals surface area contributed by atoms with E-state index < -0.39 is 0 Å². The largest absolute Gasteiger partial charge is 0.0649 e. The van der Waals surface area contributed by atoms with Crippen molar-refractivity contribution in [1.82, 2.24) is 0 Å². The normalized spacial score (nSPS) is 18.2. The van der Waals surface area contributed by atoms with Gasteiger partial charge in [0.15, 0.2) is 0 Å². The van der Waals surface area contributed by atoms with Gasteiger partial charge in [-0.1, -0.05) is 74.7 Å². The Hall–Kier alpha value is 0. The highest BCUT2D eigenvalue weighted by Crippen LogP contribution is 2.40.